The lowest BCUT2D eigenvalue weighted by molar-refractivity contribution is -0.139. The van der Waals surface area contributed by atoms with E-state index in [9.17, 15) is 18.0 Å². The van der Waals surface area contributed by atoms with Gasteiger partial charge in [0.2, 0.25) is 11.8 Å². The molecule has 220 valence electrons. The molecule has 0 saturated carbocycles. The Balaban J connectivity index is 2.08. The van der Waals surface area contributed by atoms with Crippen molar-refractivity contribution in [1.82, 2.24) is 10.2 Å². The lowest BCUT2D eigenvalue weighted by Gasteiger charge is -2.32. The first-order valence-corrected chi connectivity index (χ1v) is 14.8. The molecule has 3 aromatic carbocycles. The van der Waals surface area contributed by atoms with E-state index in [0.29, 0.717) is 18.0 Å². The molecule has 0 aromatic heterocycles. The Hall–Kier alpha value is -4.05. The summed E-state index contributed by atoms with van der Waals surface area (Å²) in [6, 6.07) is 19.3. The highest BCUT2D eigenvalue weighted by Gasteiger charge is 2.34. The number of carbonyl (C=O) groups excluding carboxylic acids is 2. The fraction of sp³-hybridized carbons (Fsp3) is 0.355. The molecule has 1 atom stereocenters. The van der Waals surface area contributed by atoms with Crippen molar-refractivity contribution in [1.29, 1.82) is 0 Å². The Morgan fingerprint density at radius 2 is 1.61 bits per heavy atom. The van der Waals surface area contributed by atoms with Crippen molar-refractivity contribution in [3.05, 3.63) is 83.9 Å². The normalized spacial score (nSPS) is 12.0. The second-order valence-electron chi connectivity index (χ2n) is 10.2. The van der Waals surface area contributed by atoms with Gasteiger partial charge in [0.1, 0.15) is 24.1 Å². The molecule has 0 heterocycles. The fourth-order valence-electron chi connectivity index (χ4n) is 4.23. The number of ether oxygens (including phenoxy) is 2. The molecule has 41 heavy (non-hydrogen) atoms. The maximum absolute atomic E-state index is 14.1. The molecule has 0 radical (unpaired) electrons. The van der Waals surface area contributed by atoms with Gasteiger partial charge in [-0.2, -0.15) is 0 Å². The molecule has 3 rings (SSSR count). The Morgan fingerprint density at radius 1 is 0.902 bits per heavy atom. The predicted molar refractivity (Wildman–Crippen MR) is 160 cm³/mol. The van der Waals surface area contributed by atoms with Crippen LogP contribution in [0.4, 0.5) is 5.69 Å². The topological polar surface area (TPSA) is 105 Å². The number of hydrogen-bond donors (Lipinski definition) is 1. The van der Waals surface area contributed by atoms with Gasteiger partial charge in [0.05, 0.1) is 24.8 Å². The number of aryl methyl sites for hydroxylation is 1. The van der Waals surface area contributed by atoms with Crippen LogP contribution in [-0.2, 0) is 26.2 Å². The third kappa shape index (κ3) is 8.00. The largest absolute Gasteiger partial charge is 0.497 e. The lowest BCUT2D eigenvalue weighted by Crippen LogP contribution is -2.51. The minimum atomic E-state index is -4.20. The van der Waals surface area contributed by atoms with E-state index in [4.69, 9.17) is 9.47 Å². The van der Waals surface area contributed by atoms with Gasteiger partial charge in [0, 0.05) is 13.1 Å². The number of carbonyl (C=O) groups is 2. The molecule has 0 fully saturated rings. The Kier molecular flexibility index (Phi) is 10.8. The summed E-state index contributed by atoms with van der Waals surface area (Å²) in [5, 5.41) is 2.88. The van der Waals surface area contributed by atoms with E-state index in [0.717, 1.165) is 15.4 Å². The van der Waals surface area contributed by atoms with E-state index in [1.165, 1.54) is 24.1 Å². The molecular weight excluding hydrogens is 542 g/mol. The fourth-order valence-corrected chi connectivity index (χ4v) is 5.67. The number of amides is 2. The molecule has 0 aliphatic rings. The van der Waals surface area contributed by atoms with Crippen molar-refractivity contribution >= 4 is 27.5 Å². The smallest absolute Gasteiger partial charge is 0.264 e. The van der Waals surface area contributed by atoms with Crippen LogP contribution in [0.5, 0.6) is 11.5 Å². The number of nitrogens with zero attached hydrogens (tertiary/aromatic N) is 2. The third-order valence-electron chi connectivity index (χ3n) is 6.55. The molecule has 10 heteroatoms. The number of sulfonamides is 1. The maximum Gasteiger partial charge on any atom is 0.264 e. The van der Waals surface area contributed by atoms with Gasteiger partial charge in [-0.1, -0.05) is 50.2 Å². The van der Waals surface area contributed by atoms with Gasteiger partial charge in [0.15, 0.2) is 0 Å². The lowest BCUT2D eigenvalue weighted by atomic mass is 10.1. The van der Waals surface area contributed by atoms with Crippen LogP contribution in [-0.4, -0.2) is 58.5 Å². The SMILES string of the molecule is COc1cccc(CN(C(=O)CN(c2cc(C)ccc2OC)S(=O)(=O)c2ccccc2)[C@@H](C)C(=O)NCC(C)C)c1. The Bertz CT molecular complexity index is 1440. The first-order chi connectivity index (χ1) is 19.5. The average Bonchev–Trinajstić information content (AvgIpc) is 2.97. The van der Waals surface area contributed by atoms with Gasteiger partial charge in [-0.05, 0) is 67.3 Å². The van der Waals surface area contributed by atoms with Crippen LogP contribution < -0.4 is 19.1 Å². The number of hydrogen-bond acceptors (Lipinski definition) is 6. The molecule has 9 nitrogen and oxygen atoms in total. The molecular formula is C31H39N3O6S. The monoisotopic (exact) mass is 581 g/mol. The first-order valence-electron chi connectivity index (χ1n) is 13.4. The summed E-state index contributed by atoms with van der Waals surface area (Å²) >= 11 is 0. The highest BCUT2D eigenvalue weighted by Crippen LogP contribution is 2.33. The molecule has 1 N–H and O–H groups in total. The van der Waals surface area contributed by atoms with Crippen LogP contribution in [0.1, 0.15) is 31.9 Å². The van der Waals surface area contributed by atoms with Gasteiger partial charge < -0.3 is 19.7 Å². The van der Waals surface area contributed by atoms with Gasteiger partial charge in [-0.15, -0.1) is 0 Å². The van der Waals surface area contributed by atoms with E-state index in [1.54, 1.807) is 68.6 Å². The molecule has 3 aromatic rings. The number of benzene rings is 3. The highest BCUT2D eigenvalue weighted by molar-refractivity contribution is 7.92. The molecule has 0 spiro atoms. The van der Waals surface area contributed by atoms with Crippen LogP contribution in [0.2, 0.25) is 0 Å². The number of anilines is 1. The van der Waals surface area contributed by atoms with Crippen molar-refractivity contribution in [2.75, 3.05) is 31.6 Å². The maximum atomic E-state index is 14.1. The van der Waals surface area contributed by atoms with E-state index < -0.39 is 28.5 Å². The second kappa shape index (κ2) is 14.0. The highest BCUT2D eigenvalue weighted by atomic mass is 32.2. The van der Waals surface area contributed by atoms with Crippen molar-refractivity contribution in [2.24, 2.45) is 5.92 Å². The van der Waals surface area contributed by atoms with Crippen molar-refractivity contribution in [3.8, 4) is 11.5 Å². The van der Waals surface area contributed by atoms with Crippen LogP contribution in [0.25, 0.3) is 0 Å². The predicted octanol–water partition coefficient (Wildman–Crippen LogP) is 4.40. The minimum absolute atomic E-state index is 0.0263. The molecule has 0 aliphatic heterocycles. The summed E-state index contributed by atoms with van der Waals surface area (Å²) in [5.74, 6) is 0.229. The van der Waals surface area contributed by atoms with E-state index >= 15 is 0 Å². The Morgan fingerprint density at radius 3 is 2.24 bits per heavy atom. The van der Waals surface area contributed by atoms with Crippen molar-refractivity contribution < 1.29 is 27.5 Å². The number of methoxy groups -OCH3 is 2. The number of rotatable bonds is 13. The first kappa shape index (κ1) is 31.5. The van der Waals surface area contributed by atoms with Crippen molar-refractivity contribution in [3.63, 3.8) is 0 Å². The van der Waals surface area contributed by atoms with E-state index in [2.05, 4.69) is 5.32 Å². The molecule has 0 aliphatic carbocycles. The molecule has 0 bridgehead atoms. The van der Waals surface area contributed by atoms with Gasteiger partial charge in [-0.3, -0.25) is 13.9 Å². The zero-order valence-corrected chi connectivity index (χ0v) is 25.3. The van der Waals surface area contributed by atoms with Gasteiger partial charge in [0.25, 0.3) is 10.0 Å². The van der Waals surface area contributed by atoms with Crippen LogP contribution >= 0.6 is 0 Å². The summed E-state index contributed by atoms with van der Waals surface area (Å²) in [6.45, 7) is 7.38. The Labute approximate surface area is 243 Å². The zero-order valence-electron chi connectivity index (χ0n) is 24.5. The van der Waals surface area contributed by atoms with Crippen LogP contribution in [0.3, 0.4) is 0 Å². The summed E-state index contributed by atoms with van der Waals surface area (Å²) in [6.07, 6.45) is 0. The summed E-state index contributed by atoms with van der Waals surface area (Å²) in [5.41, 5.74) is 1.74. The number of nitrogens with one attached hydrogen (secondary N) is 1. The van der Waals surface area contributed by atoms with E-state index in [-0.39, 0.29) is 29.0 Å². The molecule has 0 saturated heterocycles. The quantitative estimate of drug-likeness (QED) is 0.321. The standard InChI is InChI=1S/C31H39N3O6S/c1-22(2)19-32-31(36)24(4)33(20-25-11-10-12-26(18-25)39-5)30(35)21-34(28-17-23(3)15-16-29(28)40-6)41(37,38)27-13-8-7-9-14-27/h7-18,22,24H,19-21H2,1-6H3,(H,32,36)/t24-/m0/s1. The zero-order chi connectivity index (χ0) is 30.2. The summed E-state index contributed by atoms with van der Waals surface area (Å²) in [7, 11) is -1.21. The third-order valence-corrected chi connectivity index (χ3v) is 8.33. The van der Waals surface area contributed by atoms with Gasteiger partial charge in [-0.25, -0.2) is 8.42 Å². The van der Waals surface area contributed by atoms with Crippen molar-refractivity contribution in [2.45, 2.75) is 45.2 Å². The van der Waals surface area contributed by atoms with Crippen LogP contribution in [0.15, 0.2) is 77.7 Å². The molecule has 0 unspecified atom stereocenters. The second-order valence-corrected chi connectivity index (χ2v) is 12.1. The minimum Gasteiger partial charge on any atom is -0.497 e. The van der Waals surface area contributed by atoms with Crippen LogP contribution in [0, 0.1) is 12.8 Å². The molecule has 2 amide bonds. The van der Waals surface area contributed by atoms with Gasteiger partial charge >= 0.3 is 0 Å². The summed E-state index contributed by atoms with van der Waals surface area (Å²) < 4.78 is 39.9. The summed E-state index contributed by atoms with van der Waals surface area (Å²) in [4.78, 5) is 28.7. The average molecular weight is 582 g/mol. The van der Waals surface area contributed by atoms with E-state index in [1.807, 2.05) is 26.8 Å².